The number of amides is 1. The van der Waals surface area contributed by atoms with Crippen molar-refractivity contribution < 1.29 is 15.0 Å². The van der Waals surface area contributed by atoms with Crippen LogP contribution < -0.4 is 5.32 Å². The van der Waals surface area contributed by atoms with Gasteiger partial charge in [0.1, 0.15) is 0 Å². The van der Waals surface area contributed by atoms with Gasteiger partial charge in [-0.15, -0.1) is 0 Å². The molecule has 2 atom stereocenters. The average molecular weight is 903 g/mol. The fourth-order valence-corrected chi connectivity index (χ4v) is 8.08. The number of aliphatic hydroxyl groups excluding tert-OH is 2. The topological polar surface area (TPSA) is 69.6 Å². The zero-order valence-corrected chi connectivity index (χ0v) is 43.0. The molecule has 0 fully saturated rings. The maximum absolute atomic E-state index is 12.4. The summed E-state index contributed by atoms with van der Waals surface area (Å²) in [6.07, 6.45) is 83.0. The van der Waals surface area contributed by atoms with Gasteiger partial charge >= 0.3 is 0 Å². The molecule has 0 aliphatic rings. The Kier molecular flexibility index (Phi) is 53.3. The van der Waals surface area contributed by atoms with Crippen molar-refractivity contribution in [3.8, 4) is 0 Å². The lowest BCUT2D eigenvalue weighted by Crippen LogP contribution is -2.45. The minimum atomic E-state index is -0.863. The minimum absolute atomic E-state index is 0.0742. The summed E-state index contributed by atoms with van der Waals surface area (Å²) < 4.78 is 0. The van der Waals surface area contributed by atoms with Gasteiger partial charge in [-0.2, -0.15) is 0 Å². The molecule has 0 bridgehead atoms. The van der Waals surface area contributed by atoms with Crippen LogP contribution in [0, 0.1) is 0 Å². The van der Waals surface area contributed by atoms with Crippen LogP contribution in [0.15, 0.2) is 97.2 Å². The van der Waals surface area contributed by atoms with E-state index in [1.165, 1.54) is 173 Å². The lowest BCUT2D eigenvalue weighted by molar-refractivity contribution is -0.123. The van der Waals surface area contributed by atoms with E-state index in [0.717, 1.165) is 70.6 Å². The SMILES string of the molecule is CC/C=C\C/C=C\C/C=C\C/C=C\C/C=C\C/C=C\CCCCCCCCCCCCCCCCCCCCCCCCC(=O)NC(CO)C(O)/C=C/CC/C=C/CCCCCCCC. The molecule has 4 nitrogen and oxygen atoms in total. The maximum Gasteiger partial charge on any atom is 0.220 e. The summed E-state index contributed by atoms with van der Waals surface area (Å²) in [4.78, 5) is 12.4. The van der Waals surface area contributed by atoms with E-state index >= 15 is 0 Å². The highest BCUT2D eigenvalue weighted by Crippen LogP contribution is 2.16. The van der Waals surface area contributed by atoms with E-state index in [1.54, 1.807) is 6.08 Å². The Morgan fingerprint density at radius 3 is 1.08 bits per heavy atom. The van der Waals surface area contributed by atoms with Crippen molar-refractivity contribution >= 4 is 5.91 Å². The number of carbonyl (C=O) groups is 1. The summed E-state index contributed by atoms with van der Waals surface area (Å²) in [5.74, 6) is -0.0742. The Labute approximate surface area is 404 Å². The van der Waals surface area contributed by atoms with Gasteiger partial charge in [0.2, 0.25) is 5.91 Å². The van der Waals surface area contributed by atoms with Crippen LogP contribution in [0.2, 0.25) is 0 Å². The van der Waals surface area contributed by atoms with Gasteiger partial charge in [0.25, 0.3) is 0 Å². The standard InChI is InChI=1S/C61H107NO3/c1-3-5-7-9-11-13-15-17-18-19-20-21-22-23-24-25-26-27-28-29-30-31-32-33-34-35-36-37-38-39-40-41-42-43-44-45-47-49-51-53-55-57-61(65)62-59(58-63)60(64)56-54-52-50-48-46-16-14-12-10-8-6-4-2/h5,7,11,13,17-18,20-21,23-24,26-27,46,48,54,56,59-60,63-64H,3-4,6,8-10,12,14-16,19,22,25,28-45,47,49-53,55,57-58H2,1-2H3,(H,62,65)/b7-5-,13-11-,18-17-,21-20-,24-23-,27-26-,48-46+,56-54+. The summed E-state index contributed by atoms with van der Waals surface area (Å²) in [6.45, 7) is 4.16. The molecule has 3 N–H and O–H groups in total. The molecule has 0 saturated heterocycles. The largest absolute Gasteiger partial charge is 0.394 e. The Hall–Kier alpha value is -2.69. The lowest BCUT2D eigenvalue weighted by atomic mass is 10.0. The van der Waals surface area contributed by atoms with Crippen molar-refractivity contribution in [3.05, 3.63) is 97.2 Å². The Morgan fingerprint density at radius 2 is 0.692 bits per heavy atom. The van der Waals surface area contributed by atoms with E-state index in [2.05, 4.69) is 104 Å². The summed E-state index contributed by atoms with van der Waals surface area (Å²) in [7, 11) is 0. The van der Waals surface area contributed by atoms with E-state index in [-0.39, 0.29) is 12.5 Å². The van der Waals surface area contributed by atoms with E-state index in [1.807, 2.05) is 6.08 Å². The van der Waals surface area contributed by atoms with Crippen molar-refractivity contribution in [2.75, 3.05) is 6.61 Å². The first-order chi connectivity index (χ1) is 32.2. The van der Waals surface area contributed by atoms with Gasteiger partial charge in [0, 0.05) is 6.42 Å². The van der Waals surface area contributed by atoms with Crippen LogP contribution in [0.25, 0.3) is 0 Å². The molecule has 0 rings (SSSR count). The normalized spacial score (nSPS) is 13.6. The summed E-state index contributed by atoms with van der Waals surface area (Å²) in [5, 5.41) is 23.0. The molecule has 4 heteroatoms. The van der Waals surface area contributed by atoms with Gasteiger partial charge in [-0.1, -0.05) is 272 Å². The van der Waals surface area contributed by atoms with Gasteiger partial charge in [-0.05, 0) is 83.5 Å². The Morgan fingerprint density at radius 1 is 0.385 bits per heavy atom. The molecule has 0 spiro atoms. The maximum atomic E-state index is 12.4. The second kappa shape index (κ2) is 55.6. The zero-order chi connectivity index (χ0) is 47.0. The predicted octanol–water partition coefficient (Wildman–Crippen LogP) is 18.5. The van der Waals surface area contributed by atoms with Crippen molar-refractivity contribution in [3.63, 3.8) is 0 Å². The Bertz CT molecular complexity index is 1210. The first-order valence-corrected chi connectivity index (χ1v) is 28.0. The molecule has 0 aromatic carbocycles. The quantitative estimate of drug-likeness (QED) is 0.0421. The highest BCUT2D eigenvalue weighted by Gasteiger charge is 2.17. The summed E-state index contributed by atoms with van der Waals surface area (Å²) in [5.41, 5.74) is 0. The fourth-order valence-electron chi connectivity index (χ4n) is 8.08. The number of hydrogen-bond donors (Lipinski definition) is 3. The van der Waals surface area contributed by atoms with Crippen LogP contribution in [-0.2, 0) is 4.79 Å². The predicted molar refractivity (Wildman–Crippen MR) is 290 cm³/mol. The first-order valence-electron chi connectivity index (χ1n) is 28.0. The second-order valence-corrected chi connectivity index (χ2v) is 18.6. The molecule has 65 heavy (non-hydrogen) atoms. The molecule has 0 aliphatic carbocycles. The van der Waals surface area contributed by atoms with E-state index in [0.29, 0.717) is 6.42 Å². The molecule has 0 aliphatic heterocycles. The van der Waals surface area contributed by atoms with Crippen LogP contribution in [0.5, 0.6) is 0 Å². The molecule has 0 saturated carbocycles. The highest BCUT2D eigenvalue weighted by molar-refractivity contribution is 5.76. The van der Waals surface area contributed by atoms with Crippen molar-refractivity contribution in [2.24, 2.45) is 0 Å². The van der Waals surface area contributed by atoms with Gasteiger partial charge in [0.15, 0.2) is 0 Å². The highest BCUT2D eigenvalue weighted by atomic mass is 16.3. The molecule has 0 aromatic heterocycles. The summed E-state index contributed by atoms with van der Waals surface area (Å²) >= 11 is 0. The van der Waals surface area contributed by atoms with E-state index in [9.17, 15) is 15.0 Å². The summed E-state index contributed by atoms with van der Waals surface area (Å²) in [6, 6.07) is -0.640. The van der Waals surface area contributed by atoms with Crippen LogP contribution in [0.1, 0.15) is 264 Å². The number of carbonyl (C=O) groups excluding carboxylic acids is 1. The second-order valence-electron chi connectivity index (χ2n) is 18.6. The molecule has 1 amide bonds. The molecule has 0 aromatic rings. The third-order valence-corrected chi connectivity index (χ3v) is 12.3. The number of nitrogens with one attached hydrogen (secondary N) is 1. The minimum Gasteiger partial charge on any atom is -0.394 e. The van der Waals surface area contributed by atoms with E-state index < -0.39 is 12.1 Å². The fraction of sp³-hybridized carbons (Fsp3) is 0.721. The van der Waals surface area contributed by atoms with Gasteiger partial charge in [0.05, 0.1) is 18.8 Å². The van der Waals surface area contributed by atoms with Gasteiger partial charge in [-0.3, -0.25) is 4.79 Å². The number of hydrogen-bond acceptors (Lipinski definition) is 3. The average Bonchev–Trinajstić information content (AvgIpc) is 3.31. The molecule has 0 heterocycles. The molecule has 2 unspecified atom stereocenters. The Balaban J connectivity index is 3.45. The van der Waals surface area contributed by atoms with Crippen molar-refractivity contribution in [2.45, 2.75) is 276 Å². The van der Waals surface area contributed by atoms with Crippen LogP contribution in [0.4, 0.5) is 0 Å². The van der Waals surface area contributed by atoms with Crippen molar-refractivity contribution in [1.29, 1.82) is 0 Å². The van der Waals surface area contributed by atoms with E-state index in [4.69, 9.17) is 0 Å². The van der Waals surface area contributed by atoms with Crippen LogP contribution in [0.3, 0.4) is 0 Å². The number of unbranched alkanes of at least 4 members (excludes halogenated alkanes) is 29. The van der Waals surface area contributed by atoms with Crippen molar-refractivity contribution in [1.82, 2.24) is 5.32 Å². The number of aliphatic hydroxyl groups is 2. The van der Waals surface area contributed by atoms with Crippen LogP contribution in [-0.4, -0.2) is 34.9 Å². The third kappa shape index (κ3) is 52.1. The zero-order valence-electron chi connectivity index (χ0n) is 43.0. The molecule has 374 valence electrons. The molecule has 0 radical (unpaired) electrons. The van der Waals surface area contributed by atoms with Crippen LogP contribution >= 0.6 is 0 Å². The molecular weight excluding hydrogens is 795 g/mol. The van der Waals surface area contributed by atoms with Gasteiger partial charge < -0.3 is 15.5 Å². The number of allylic oxidation sites excluding steroid dienone is 15. The lowest BCUT2D eigenvalue weighted by Gasteiger charge is -2.19. The van der Waals surface area contributed by atoms with Gasteiger partial charge in [-0.25, -0.2) is 0 Å². The molecular formula is C61H107NO3. The third-order valence-electron chi connectivity index (χ3n) is 12.3. The number of rotatable bonds is 50. The monoisotopic (exact) mass is 902 g/mol. The smallest absolute Gasteiger partial charge is 0.220 e. The first kappa shape index (κ1) is 62.3.